The van der Waals surface area contributed by atoms with Gasteiger partial charge in [-0.05, 0) is 23.1 Å². The van der Waals surface area contributed by atoms with Crippen molar-refractivity contribution in [3.8, 4) is 11.5 Å². The van der Waals surface area contributed by atoms with Gasteiger partial charge >= 0.3 is 5.97 Å². The first-order valence-electron chi connectivity index (χ1n) is 8.74. The Labute approximate surface area is 169 Å². The number of fused-ring (bicyclic) bond motifs is 3. The molecule has 1 aromatic carbocycles. The van der Waals surface area contributed by atoms with Gasteiger partial charge in [0.15, 0.2) is 11.5 Å². The average molecular weight is 413 g/mol. The molecular weight excluding hydrogens is 394 g/mol. The van der Waals surface area contributed by atoms with E-state index in [1.165, 1.54) is 23.1 Å². The summed E-state index contributed by atoms with van der Waals surface area (Å²) in [6.45, 7) is 0.260. The molecule has 0 bridgehead atoms. The quantitative estimate of drug-likeness (QED) is 0.468. The molecule has 0 aliphatic heterocycles. The number of carbonyl (C=O) groups excluding carboxylic acids is 1. The molecule has 0 aliphatic rings. The van der Waals surface area contributed by atoms with Crippen molar-refractivity contribution in [3.63, 3.8) is 0 Å². The fourth-order valence-corrected chi connectivity index (χ4v) is 4.25. The van der Waals surface area contributed by atoms with Crippen LogP contribution in [0.5, 0.6) is 11.5 Å². The van der Waals surface area contributed by atoms with Gasteiger partial charge in [0.1, 0.15) is 10.4 Å². The van der Waals surface area contributed by atoms with Crippen LogP contribution in [-0.4, -0.2) is 41.6 Å². The maximum absolute atomic E-state index is 13.2. The summed E-state index contributed by atoms with van der Waals surface area (Å²) in [7, 11) is 6.32. The van der Waals surface area contributed by atoms with E-state index in [0.29, 0.717) is 21.9 Å². The van der Waals surface area contributed by atoms with E-state index in [9.17, 15) is 9.59 Å². The van der Waals surface area contributed by atoms with Gasteiger partial charge in [-0.2, -0.15) is 5.10 Å². The van der Waals surface area contributed by atoms with Crippen LogP contribution in [0.1, 0.15) is 15.2 Å². The maximum atomic E-state index is 13.2. The Morgan fingerprint density at radius 3 is 2.52 bits per heavy atom. The molecule has 0 aliphatic carbocycles. The molecular formula is C20H19N3O5S. The van der Waals surface area contributed by atoms with Crippen LogP contribution in [0, 0.1) is 0 Å². The number of rotatable bonds is 5. The van der Waals surface area contributed by atoms with Gasteiger partial charge in [0, 0.05) is 23.9 Å². The number of benzene rings is 1. The number of ether oxygens (including phenoxy) is 3. The molecule has 3 aromatic heterocycles. The lowest BCUT2D eigenvalue weighted by Gasteiger charge is -2.08. The second kappa shape index (κ2) is 7.25. The van der Waals surface area contributed by atoms with Gasteiger partial charge in [-0.15, -0.1) is 11.3 Å². The number of methoxy groups -OCH3 is 3. The molecule has 0 N–H and O–H groups in total. The molecule has 0 fully saturated rings. The highest BCUT2D eigenvalue weighted by Crippen LogP contribution is 2.36. The highest BCUT2D eigenvalue weighted by atomic mass is 32.1. The van der Waals surface area contributed by atoms with Gasteiger partial charge in [-0.25, -0.2) is 9.48 Å². The average Bonchev–Trinajstić information content (AvgIpc) is 3.31. The number of hydrogen-bond acceptors (Lipinski definition) is 7. The minimum absolute atomic E-state index is 0.218. The fraction of sp³-hybridized carbons (Fsp3) is 0.250. The number of esters is 1. The maximum Gasteiger partial charge on any atom is 0.348 e. The monoisotopic (exact) mass is 413 g/mol. The van der Waals surface area contributed by atoms with Crippen LogP contribution >= 0.6 is 11.3 Å². The van der Waals surface area contributed by atoms with E-state index in [1.54, 1.807) is 26.5 Å². The molecule has 0 saturated carbocycles. The van der Waals surface area contributed by atoms with Crippen molar-refractivity contribution in [2.75, 3.05) is 21.3 Å². The highest BCUT2D eigenvalue weighted by molar-refractivity contribution is 7.12. The smallest absolute Gasteiger partial charge is 0.348 e. The van der Waals surface area contributed by atoms with Crippen LogP contribution < -0.4 is 15.0 Å². The zero-order valence-electron chi connectivity index (χ0n) is 16.4. The third-order valence-corrected chi connectivity index (χ3v) is 5.84. The first-order chi connectivity index (χ1) is 14.0. The Balaban J connectivity index is 1.84. The number of nitrogens with zero attached hydrogens (tertiary/aromatic N) is 3. The lowest BCUT2D eigenvalue weighted by atomic mass is 10.2. The van der Waals surface area contributed by atoms with Gasteiger partial charge in [-0.3, -0.25) is 4.79 Å². The zero-order chi connectivity index (χ0) is 20.7. The van der Waals surface area contributed by atoms with E-state index < -0.39 is 5.97 Å². The van der Waals surface area contributed by atoms with Crippen molar-refractivity contribution in [3.05, 3.63) is 50.6 Å². The molecule has 150 valence electrons. The molecule has 29 heavy (non-hydrogen) atoms. The Kier molecular flexibility index (Phi) is 4.75. The topological polar surface area (TPSA) is 84.6 Å². The van der Waals surface area contributed by atoms with E-state index >= 15 is 0 Å². The van der Waals surface area contributed by atoms with Crippen LogP contribution in [0.25, 0.3) is 21.8 Å². The van der Waals surface area contributed by atoms with Crippen molar-refractivity contribution < 1.29 is 19.0 Å². The predicted octanol–water partition coefficient (Wildman–Crippen LogP) is 2.80. The predicted molar refractivity (Wildman–Crippen MR) is 110 cm³/mol. The number of carbonyl (C=O) groups is 1. The molecule has 3 heterocycles. The molecule has 0 spiro atoms. The van der Waals surface area contributed by atoms with E-state index in [1.807, 2.05) is 29.1 Å². The Morgan fingerprint density at radius 2 is 1.83 bits per heavy atom. The summed E-state index contributed by atoms with van der Waals surface area (Å²) in [5.74, 6) is 0.784. The molecule has 8 nitrogen and oxygen atoms in total. The lowest BCUT2D eigenvalue weighted by Crippen LogP contribution is -2.24. The Bertz CT molecular complexity index is 1300. The minimum atomic E-state index is -0.395. The molecule has 4 aromatic rings. The van der Waals surface area contributed by atoms with Crippen molar-refractivity contribution in [2.45, 2.75) is 6.54 Å². The van der Waals surface area contributed by atoms with Gasteiger partial charge in [0.05, 0.1) is 39.6 Å². The summed E-state index contributed by atoms with van der Waals surface area (Å²) in [6.07, 6.45) is 1.68. The van der Waals surface area contributed by atoms with Crippen LogP contribution in [0.4, 0.5) is 0 Å². The Hall–Kier alpha value is -3.33. The summed E-state index contributed by atoms with van der Waals surface area (Å²) in [6, 6.07) is 5.41. The number of hydrogen-bond donors (Lipinski definition) is 0. The third kappa shape index (κ3) is 3.03. The standard InChI is InChI=1S/C20H19N3O5S/c1-22-14-7-16(27-3)15(26-2)6-12(14)13-8-21-23(19(24)18(13)22)9-11-5-17(29-10-11)20(25)28-4/h5-8,10H,9H2,1-4H3. The molecule has 4 rings (SSSR count). The summed E-state index contributed by atoms with van der Waals surface area (Å²) in [5.41, 5.74) is 1.97. The normalized spacial score (nSPS) is 11.2. The van der Waals surface area contributed by atoms with E-state index in [-0.39, 0.29) is 12.1 Å². The largest absolute Gasteiger partial charge is 0.493 e. The summed E-state index contributed by atoms with van der Waals surface area (Å²) in [5, 5.41) is 7.77. The van der Waals surface area contributed by atoms with E-state index in [0.717, 1.165) is 21.9 Å². The van der Waals surface area contributed by atoms with Crippen molar-refractivity contribution >= 4 is 39.1 Å². The second-order valence-electron chi connectivity index (χ2n) is 6.46. The first kappa shape index (κ1) is 19.0. The summed E-state index contributed by atoms with van der Waals surface area (Å²) >= 11 is 1.28. The third-order valence-electron chi connectivity index (χ3n) is 4.88. The number of thiophene rings is 1. The van der Waals surface area contributed by atoms with Crippen LogP contribution in [-0.2, 0) is 18.3 Å². The highest BCUT2D eigenvalue weighted by Gasteiger charge is 2.18. The van der Waals surface area contributed by atoms with Gasteiger partial charge < -0.3 is 18.8 Å². The van der Waals surface area contributed by atoms with Crippen molar-refractivity contribution in [2.24, 2.45) is 7.05 Å². The van der Waals surface area contributed by atoms with Crippen molar-refractivity contribution in [1.82, 2.24) is 14.3 Å². The Morgan fingerprint density at radius 1 is 1.10 bits per heavy atom. The molecule has 0 unspecified atom stereocenters. The first-order valence-corrected chi connectivity index (χ1v) is 9.62. The van der Waals surface area contributed by atoms with Crippen LogP contribution in [0.15, 0.2) is 34.6 Å². The number of aromatic nitrogens is 3. The van der Waals surface area contributed by atoms with E-state index in [2.05, 4.69) is 5.10 Å². The molecule has 0 amide bonds. The SMILES string of the molecule is COC(=O)c1cc(Cn2ncc3c4cc(OC)c(OC)cc4n(C)c3c2=O)cs1. The fourth-order valence-electron chi connectivity index (χ4n) is 3.43. The molecule has 0 radical (unpaired) electrons. The molecule has 0 atom stereocenters. The minimum Gasteiger partial charge on any atom is -0.493 e. The van der Waals surface area contributed by atoms with Crippen LogP contribution in [0.3, 0.4) is 0 Å². The molecule has 0 saturated heterocycles. The summed E-state index contributed by atoms with van der Waals surface area (Å²) < 4.78 is 18.7. The second-order valence-corrected chi connectivity index (χ2v) is 7.38. The van der Waals surface area contributed by atoms with Gasteiger partial charge in [-0.1, -0.05) is 0 Å². The zero-order valence-corrected chi connectivity index (χ0v) is 17.2. The van der Waals surface area contributed by atoms with Gasteiger partial charge in [0.25, 0.3) is 5.56 Å². The van der Waals surface area contributed by atoms with Crippen LogP contribution in [0.2, 0.25) is 0 Å². The van der Waals surface area contributed by atoms with E-state index in [4.69, 9.17) is 14.2 Å². The number of aryl methyl sites for hydroxylation is 1. The lowest BCUT2D eigenvalue weighted by molar-refractivity contribution is 0.0606. The summed E-state index contributed by atoms with van der Waals surface area (Å²) in [4.78, 5) is 25.3. The van der Waals surface area contributed by atoms with Crippen molar-refractivity contribution in [1.29, 1.82) is 0 Å². The van der Waals surface area contributed by atoms with Gasteiger partial charge in [0.2, 0.25) is 0 Å². The molecule has 9 heteroatoms.